The highest BCUT2D eigenvalue weighted by Crippen LogP contribution is 2.41. The monoisotopic (exact) mass is 412 g/mol. The molecule has 1 heterocycles. The van der Waals surface area contributed by atoms with Gasteiger partial charge in [-0.15, -0.1) is 0 Å². The van der Waals surface area contributed by atoms with Crippen LogP contribution in [0.2, 0.25) is 0 Å². The fraction of sp³-hybridized carbons (Fsp3) is 0.273. The second kappa shape index (κ2) is 8.88. The van der Waals surface area contributed by atoms with Crippen molar-refractivity contribution < 1.29 is 19.0 Å². The van der Waals surface area contributed by atoms with Crippen LogP contribution in [0.5, 0.6) is 0 Å². The summed E-state index contributed by atoms with van der Waals surface area (Å²) in [5.41, 5.74) is 6.18. The molecular weight excluding hydrogens is 392 g/mol. The van der Waals surface area contributed by atoms with Gasteiger partial charge in [0.15, 0.2) is 0 Å². The smallest absolute Gasteiger partial charge is 0.273 e. The average Bonchev–Trinajstić information content (AvgIpc) is 3.29. The topological polar surface area (TPSA) is 62.6 Å². The lowest BCUT2D eigenvalue weighted by Gasteiger charge is -2.11. The Kier molecular flexibility index (Phi) is 6.06. The Labute approximate surface area is 174 Å². The van der Waals surface area contributed by atoms with Gasteiger partial charge in [0, 0.05) is 24.7 Å². The zero-order chi connectivity index (χ0) is 20.2. The number of methoxy groups -OCH3 is 1. The highest BCUT2D eigenvalue weighted by atomic mass is 35.5. The van der Waals surface area contributed by atoms with Crippen LogP contribution >= 0.6 is 11.6 Å². The normalized spacial score (nSPS) is 12.1. The summed E-state index contributed by atoms with van der Waals surface area (Å²) in [5, 5.41) is 3.96. The molecule has 2 aromatic carbocycles. The number of carbonyl (C=O) groups is 1. The Morgan fingerprint density at radius 1 is 1.07 bits per heavy atom. The third kappa shape index (κ3) is 3.97. The summed E-state index contributed by atoms with van der Waals surface area (Å²) in [6.07, 6.45) is 0.593. The van der Waals surface area contributed by atoms with Gasteiger partial charge >= 0.3 is 0 Å². The number of nitrogens with zero attached hydrogens (tertiary/aromatic N) is 2. The van der Waals surface area contributed by atoms with E-state index in [0.717, 1.165) is 33.6 Å². The molecule has 0 saturated heterocycles. The van der Waals surface area contributed by atoms with Crippen LogP contribution in [-0.2, 0) is 27.2 Å². The van der Waals surface area contributed by atoms with E-state index in [1.807, 2.05) is 48.5 Å². The van der Waals surface area contributed by atoms with Gasteiger partial charge in [-0.3, -0.25) is 4.79 Å². The van der Waals surface area contributed by atoms with E-state index in [0.29, 0.717) is 31.9 Å². The van der Waals surface area contributed by atoms with Gasteiger partial charge in [-0.2, -0.15) is 5.10 Å². The summed E-state index contributed by atoms with van der Waals surface area (Å²) >= 11 is 5.85. The van der Waals surface area contributed by atoms with E-state index in [-0.39, 0.29) is 6.79 Å². The van der Waals surface area contributed by atoms with Crippen LogP contribution < -0.4 is 0 Å². The maximum absolute atomic E-state index is 12.0. The number of hydrogen-bond donors (Lipinski definition) is 0. The summed E-state index contributed by atoms with van der Waals surface area (Å²) < 4.78 is 17.8. The minimum absolute atomic E-state index is 0.198. The molecule has 0 atom stereocenters. The lowest BCUT2D eigenvalue weighted by Crippen LogP contribution is -2.07. The number of rotatable bonds is 9. The highest BCUT2D eigenvalue weighted by Gasteiger charge is 2.31. The van der Waals surface area contributed by atoms with Crippen molar-refractivity contribution >= 4 is 16.8 Å². The SMILES string of the molecule is COCCOCOCc1cccc2c1Cc1c(C(=O)Cl)nn(-c3ccccc3)c1-2. The number of halogens is 1. The van der Waals surface area contributed by atoms with Crippen molar-refractivity contribution in [3.63, 3.8) is 0 Å². The molecule has 6 nitrogen and oxygen atoms in total. The van der Waals surface area contributed by atoms with Crippen LogP contribution in [0.3, 0.4) is 0 Å². The van der Waals surface area contributed by atoms with E-state index in [1.165, 1.54) is 0 Å². The van der Waals surface area contributed by atoms with Crippen molar-refractivity contribution in [3.05, 3.63) is 70.9 Å². The lowest BCUT2D eigenvalue weighted by molar-refractivity contribution is -0.0725. The van der Waals surface area contributed by atoms with E-state index < -0.39 is 5.24 Å². The molecule has 0 saturated carbocycles. The molecule has 0 radical (unpaired) electrons. The Morgan fingerprint density at radius 3 is 2.66 bits per heavy atom. The molecule has 150 valence electrons. The van der Waals surface area contributed by atoms with Crippen molar-refractivity contribution in [2.24, 2.45) is 0 Å². The van der Waals surface area contributed by atoms with Gasteiger partial charge in [-0.1, -0.05) is 36.4 Å². The molecule has 4 rings (SSSR count). The number of para-hydroxylation sites is 1. The van der Waals surface area contributed by atoms with E-state index >= 15 is 0 Å². The van der Waals surface area contributed by atoms with Gasteiger partial charge in [0.1, 0.15) is 12.5 Å². The van der Waals surface area contributed by atoms with Crippen molar-refractivity contribution in [2.45, 2.75) is 13.0 Å². The summed E-state index contributed by atoms with van der Waals surface area (Å²) in [6, 6.07) is 15.8. The summed E-state index contributed by atoms with van der Waals surface area (Å²) in [5.74, 6) is 0. The Hall–Kier alpha value is -2.51. The zero-order valence-electron chi connectivity index (χ0n) is 16.1. The van der Waals surface area contributed by atoms with Gasteiger partial charge in [-0.25, -0.2) is 4.68 Å². The largest absolute Gasteiger partial charge is 0.382 e. The fourth-order valence-corrected chi connectivity index (χ4v) is 3.75. The third-order valence-electron chi connectivity index (χ3n) is 4.91. The zero-order valence-corrected chi connectivity index (χ0v) is 16.8. The first kappa shape index (κ1) is 19.8. The van der Waals surface area contributed by atoms with E-state index in [4.69, 9.17) is 25.8 Å². The van der Waals surface area contributed by atoms with Crippen molar-refractivity contribution in [3.8, 4) is 16.9 Å². The van der Waals surface area contributed by atoms with Crippen molar-refractivity contribution in [1.29, 1.82) is 0 Å². The molecule has 7 heteroatoms. The van der Waals surface area contributed by atoms with Gasteiger partial charge in [0.25, 0.3) is 5.24 Å². The second-order valence-electron chi connectivity index (χ2n) is 6.68. The predicted molar refractivity (Wildman–Crippen MR) is 109 cm³/mol. The lowest BCUT2D eigenvalue weighted by atomic mass is 10.0. The number of fused-ring (bicyclic) bond motifs is 3. The molecule has 0 fully saturated rings. The number of ether oxygens (including phenoxy) is 3. The van der Waals surface area contributed by atoms with Crippen molar-refractivity contribution in [2.75, 3.05) is 27.1 Å². The molecule has 1 aromatic heterocycles. The number of benzene rings is 2. The van der Waals surface area contributed by atoms with Crippen LogP contribution in [0.4, 0.5) is 0 Å². The average molecular weight is 413 g/mol. The maximum atomic E-state index is 12.0. The number of carbonyl (C=O) groups excluding carboxylic acids is 1. The highest BCUT2D eigenvalue weighted by molar-refractivity contribution is 6.67. The quantitative estimate of drug-likeness (QED) is 0.236. The van der Waals surface area contributed by atoms with Gasteiger partial charge in [0.2, 0.25) is 0 Å². The second-order valence-corrected chi connectivity index (χ2v) is 7.03. The number of aromatic nitrogens is 2. The van der Waals surface area contributed by atoms with Crippen LogP contribution in [0.15, 0.2) is 48.5 Å². The minimum Gasteiger partial charge on any atom is -0.382 e. The van der Waals surface area contributed by atoms with E-state index in [2.05, 4.69) is 5.10 Å². The first-order valence-electron chi connectivity index (χ1n) is 9.33. The molecule has 29 heavy (non-hydrogen) atoms. The molecule has 3 aromatic rings. The third-order valence-corrected chi connectivity index (χ3v) is 5.09. The van der Waals surface area contributed by atoms with E-state index in [9.17, 15) is 4.79 Å². The summed E-state index contributed by atoms with van der Waals surface area (Å²) in [6.45, 7) is 1.64. The van der Waals surface area contributed by atoms with E-state index in [1.54, 1.807) is 11.8 Å². The molecular formula is C22H21ClN2O4. The Balaban J connectivity index is 1.64. The molecule has 1 aliphatic rings. The fourth-order valence-electron chi connectivity index (χ4n) is 3.60. The van der Waals surface area contributed by atoms with Gasteiger partial charge in [0.05, 0.1) is 31.2 Å². The standard InChI is InChI=1S/C22H21ClN2O4/c1-27-10-11-28-14-29-13-15-6-5-9-17-18(15)12-19-20(22(23)26)24-25(21(17)19)16-7-3-2-4-8-16/h2-9H,10-14H2,1H3. The molecule has 0 aliphatic heterocycles. The molecule has 1 aliphatic carbocycles. The van der Waals surface area contributed by atoms with Crippen molar-refractivity contribution in [1.82, 2.24) is 9.78 Å². The first-order valence-corrected chi connectivity index (χ1v) is 9.71. The first-order chi connectivity index (χ1) is 14.2. The molecule has 0 spiro atoms. The van der Waals surface area contributed by atoms with Gasteiger partial charge < -0.3 is 14.2 Å². The van der Waals surface area contributed by atoms with Crippen LogP contribution in [0.1, 0.15) is 27.2 Å². The summed E-state index contributed by atoms with van der Waals surface area (Å²) in [7, 11) is 1.63. The Morgan fingerprint density at radius 2 is 1.90 bits per heavy atom. The minimum atomic E-state index is -0.548. The summed E-state index contributed by atoms with van der Waals surface area (Å²) in [4.78, 5) is 12.0. The predicted octanol–water partition coefficient (Wildman–Crippen LogP) is 3.96. The Bertz CT molecular complexity index is 1020. The molecule has 0 unspecified atom stereocenters. The molecule has 0 bridgehead atoms. The molecule has 0 amide bonds. The van der Waals surface area contributed by atoms with Gasteiger partial charge in [-0.05, 0) is 34.9 Å². The molecule has 0 N–H and O–H groups in total. The maximum Gasteiger partial charge on any atom is 0.273 e. The van der Waals surface area contributed by atoms with Crippen LogP contribution in [-0.4, -0.2) is 42.1 Å². The van der Waals surface area contributed by atoms with Crippen LogP contribution in [0.25, 0.3) is 16.9 Å². The number of hydrogen-bond acceptors (Lipinski definition) is 5. The van der Waals surface area contributed by atoms with Crippen LogP contribution in [0, 0.1) is 0 Å².